The normalized spacial score (nSPS) is 10.9. The number of rotatable bonds is 1. The molecule has 0 fully saturated rings. The van der Waals surface area contributed by atoms with E-state index in [-0.39, 0.29) is 0 Å². The van der Waals surface area contributed by atoms with Crippen LogP contribution in [0.5, 0.6) is 0 Å². The Morgan fingerprint density at radius 2 is 1.82 bits per heavy atom. The Labute approximate surface area is 100 Å². The van der Waals surface area contributed by atoms with Crippen LogP contribution in [0.25, 0.3) is 22.2 Å². The van der Waals surface area contributed by atoms with Crippen LogP contribution in [0.15, 0.2) is 42.7 Å². The fourth-order valence-electron chi connectivity index (χ4n) is 2.02. The van der Waals surface area contributed by atoms with E-state index in [2.05, 4.69) is 48.1 Å². The molecule has 0 amide bonds. The number of aromatic amines is 1. The molecule has 2 heteroatoms. The van der Waals surface area contributed by atoms with E-state index in [0.717, 1.165) is 11.0 Å². The standard InChI is InChI=1S/C15H14N2/c1-10-3-4-12(7-11(10)2)14-8-13-5-6-16-15(13)17-9-14/h3-9H,1-2H3,(H,16,17). The lowest BCUT2D eigenvalue weighted by Crippen LogP contribution is -1.85. The third-order valence-electron chi connectivity index (χ3n) is 3.24. The molecule has 1 aromatic carbocycles. The number of nitrogens with one attached hydrogen (secondary N) is 1. The minimum absolute atomic E-state index is 0.942. The van der Waals surface area contributed by atoms with Crippen LogP contribution in [0.1, 0.15) is 11.1 Å². The van der Waals surface area contributed by atoms with Gasteiger partial charge in [0, 0.05) is 23.3 Å². The number of aryl methyl sites for hydroxylation is 2. The predicted molar refractivity (Wildman–Crippen MR) is 71.0 cm³/mol. The maximum Gasteiger partial charge on any atom is 0.137 e. The highest BCUT2D eigenvalue weighted by Gasteiger charge is 2.02. The molecule has 0 bridgehead atoms. The summed E-state index contributed by atoms with van der Waals surface area (Å²) in [7, 11) is 0. The van der Waals surface area contributed by atoms with Gasteiger partial charge in [0.15, 0.2) is 0 Å². The first-order valence-corrected chi connectivity index (χ1v) is 5.75. The summed E-state index contributed by atoms with van der Waals surface area (Å²) in [6.07, 6.45) is 3.84. The van der Waals surface area contributed by atoms with E-state index in [4.69, 9.17) is 0 Å². The van der Waals surface area contributed by atoms with E-state index >= 15 is 0 Å². The van der Waals surface area contributed by atoms with Gasteiger partial charge in [-0.15, -0.1) is 0 Å². The van der Waals surface area contributed by atoms with Crippen LogP contribution in [0.3, 0.4) is 0 Å². The molecule has 0 unspecified atom stereocenters. The first-order valence-electron chi connectivity index (χ1n) is 5.75. The van der Waals surface area contributed by atoms with E-state index in [1.54, 1.807) is 0 Å². The zero-order valence-corrected chi connectivity index (χ0v) is 9.99. The summed E-state index contributed by atoms with van der Waals surface area (Å²) >= 11 is 0. The Balaban J connectivity index is 2.16. The lowest BCUT2D eigenvalue weighted by atomic mass is 10.0. The van der Waals surface area contributed by atoms with E-state index < -0.39 is 0 Å². The molecular weight excluding hydrogens is 208 g/mol. The smallest absolute Gasteiger partial charge is 0.137 e. The summed E-state index contributed by atoms with van der Waals surface area (Å²) in [4.78, 5) is 7.52. The van der Waals surface area contributed by atoms with Gasteiger partial charge < -0.3 is 4.98 Å². The van der Waals surface area contributed by atoms with Crippen LogP contribution < -0.4 is 0 Å². The summed E-state index contributed by atoms with van der Waals surface area (Å²) < 4.78 is 0. The average Bonchev–Trinajstić information content (AvgIpc) is 2.79. The number of pyridine rings is 1. The molecule has 17 heavy (non-hydrogen) atoms. The molecule has 2 heterocycles. The molecule has 0 aliphatic heterocycles. The molecule has 0 saturated heterocycles. The maximum absolute atomic E-state index is 4.41. The van der Waals surface area contributed by atoms with Gasteiger partial charge in [-0.25, -0.2) is 4.98 Å². The molecule has 0 radical (unpaired) electrons. The lowest BCUT2D eigenvalue weighted by Gasteiger charge is -2.05. The molecule has 0 spiro atoms. The molecule has 2 nitrogen and oxygen atoms in total. The molecule has 0 aliphatic carbocycles. The van der Waals surface area contributed by atoms with E-state index in [9.17, 15) is 0 Å². The van der Waals surface area contributed by atoms with Gasteiger partial charge in [0.25, 0.3) is 0 Å². The van der Waals surface area contributed by atoms with Gasteiger partial charge in [0.05, 0.1) is 0 Å². The second-order valence-corrected chi connectivity index (χ2v) is 4.44. The Kier molecular flexibility index (Phi) is 2.22. The Bertz CT molecular complexity index is 680. The van der Waals surface area contributed by atoms with Crippen LogP contribution in [0, 0.1) is 13.8 Å². The van der Waals surface area contributed by atoms with Crippen molar-refractivity contribution in [3.05, 3.63) is 53.9 Å². The molecular formula is C15H14N2. The van der Waals surface area contributed by atoms with Gasteiger partial charge in [-0.05, 0) is 42.7 Å². The third-order valence-corrected chi connectivity index (χ3v) is 3.24. The highest BCUT2D eigenvalue weighted by Crippen LogP contribution is 2.24. The van der Waals surface area contributed by atoms with Gasteiger partial charge in [-0.1, -0.05) is 18.2 Å². The van der Waals surface area contributed by atoms with Crippen LogP contribution in [-0.4, -0.2) is 9.97 Å². The SMILES string of the molecule is Cc1ccc(-c2cnc3[nH]ccc3c2)cc1C. The summed E-state index contributed by atoms with van der Waals surface area (Å²) in [5.74, 6) is 0. The fraction of sp³-hybridized carbons (Fsp3) is 0.133. The van der Waals surface area contributed by atoms with E-state index in [0.29, 0.717) is 0 Å². The fourth-order valence-corrected chi connectivity index (χ4v) is 2.02. The number of nitrogens with zero attached hydrogens (tertiary/aromatic N) is 1. The van der Waals surface area contributed by atoms with E-state index in [1.165, 1.54) is 22.3 Å². The van der Waals surface area contributed by atoms with Gasteiger partial charge in [0.1, 0.15) is 5.65 Å². The Morgan fingerprint density at radius 1 is 0.941 bits per heavy atom. The van der Waals surface area contributed by atoms with Gasteiger partial charge in [-0.3, -0.25) is 0 Å². The number of aromatic nitrogens is 2. The van der Waals surface area contributed by atoms with Crippen molar-refractivity contribution in [2.24, 2.45) is 0 Å². The topological polar surface area (TPSA) is 28.7 Å². The number of hydrogen-bond acceptors (Lipinski definition) is 1. The zero-order valence-electron chi connectivity index (χ0n) is 9.99. The van der Waals surface area contributed by atoms with Crippen molar-refractivity contribution in [3.8, 4) is 11.1 Å². The molecule has 1 N–H and O–H groups in total. The van der Waals surface area contributed by atoms with Crippen LogP contribution in [0.4, 0.5) is 0 Å². The molecule has 0 atom stereocenters. The second kappa shape index (κ2) is 3.74. The van der Waals surface area contributed by atoms with Gasteiger partial charge in [-0.2, -0.15) is 0 Å². The van der Waals surface area contributed by atoms with Gasteiger partial charge in [0.2, 0.25) is 0 Å². The molecule has 0 aliphatic rings. The quantitative estimate of drug-likeness (QED) is 0.665. The van der Waals surface area contributed by atoms with Crippen molar-refractivity contribution in [1.29, 1.82) is 0 Å². The lowest BCUT2D eigenvalue weighted by molar-refractivity contribution is 1.31. The number of hydrogen-bond donors (Lipinski definition) is 1. The summed E-state index contributed by atoms with van der Waals surface area (Å²) in [5.41, 5.74) is 5.97. The van der Waals surface area contributed by atoms with Crippen LogP contribution in [0.2, 0.25) is 0 Å². The third kappa shape index (κ3) is 1.72. The van der Waals surface area contributed by atoms with Crippen molar-refractivity contribution in [2.45, 2.75) is 13.8 Å². The molecule has 0 saturated carbocycles. The van der Waals surface area contributed by atoms with Crippen molar-refractivity contribution in [2.75, 3.05) is 0 Å². The summed E-state index contributed by atoms with van der Waals surface area (Å²) in [6, 6.07) is 10.7. The van der Waals surface area contributed by atoms with Crippen molar-refractivity contribution in [1.82, 2.24) is 9.97 Å². The first kappa shape index (κ1) is 10.1. The van der Waals surface area contributed by atoms with Crippen LogP contribution >= 0.6 is 0 Å². The number of benzene rings is 1. The zero-order chi connectivity index (χ0) is 11.8. The monoisotopic (exact) mass is 222 g/mol. The molecule has 3 rings (SSSR count). The molecule has 3 aromatic rings. The van der Waals surface area contributed by atoms with Gasteiger partial charge >= 0.3 is 0 Å². The predicted octanol–water partition coefficient (Wildman–Crippen LogP) is 3.85. The molecule has 2 aromatic heterocycles. The Hall–Kier alpha value is -2.09. The minimum Gasteiger partial charge on any atom is -0.346 e. The number of fused-ring (bicyclic) bond motifs is 1. The second-order valence-electron chi connectivity index (χ2n) is 4.44. The van der Waals surface area contributed by atoms with Crippen molar-refractivity contribution >= 4 is 11.0 Å². The number of H-pyrrole nitrogens is 1. The largest absolute Gasteiger partial charge is 0.346 e. The van der Waals surface area contributed by atoms with Crippen LogP contribution in [-0.2, 0) is 0 Å². The highest BCUT2D eigenvalue weighted by molar-refractivity contribution is 5.81. The average molecular weight is 222 g/mol. The van der Waals surface area contributed by atoms with Crippen molar-refractivity contribution < 1.29 is 0 Å². The maximum atomic E-state index is 4.41. The summed E-state index contributed by atoms with van der Waals surface area (Å²) in [6.45, 7) is 4.27. The Morgan fingerprint density at radius 3 is 2.65 bits per heavy atom. The highest BCUT2D eigenvalue weighted by atomic mass is 14.8. The molecule has 84 valence electrons. The minimum atomic E-state index is 0.942. The first-order chi connectivity index (χ1) is 8.24. The van der Waals surface area contributed by atoms with Crippen molar-refractivity contribution in [3.63, 3.8) is 0 Å². The summed E-state index contributed by atoms with van der Waals surface area (Å²) in [5, 5.41) is 1.15. The van der Waals surface area contributed by atoms with E-state index in [1.807, 2.05) is 18.5 Å².